The molecule has 0 aliphatic rings. The first-order valence-electron chi connectivity index (χ1n) is 8.82. The van der Waals surface area contributed by atoms with Crippen LogP contribution in [0.2, 0.25) is 10.0 Å². The van der Waals surface area contributed by atoms with E-state index in [-0.39, 0.29) is 12.5 Å². The van der Waals surface area contributed by atoms with Crippen LogP contribution in [0.3, 0.4) is 0 Å². The van der Waals surface area contributed by atoms with Crippen LogP contribution in [0.1, 0.15) is 15.9 Å². The van der Waals surface area contributed by atoms with E-state index in [2.05, 4.69) is 10.6 Å². The number of rotatable bonds is 7. The number of amides is 2. The van der Waals surface area contributed by atoms with Gasteiger partial charge in [0.05, 0.1) is 16.3 Å². The molecule has 5 nitrogen and oxygen atoms in total. The van der Waals surface area contributed by atoms with Crippen molar-refractivity contribution in [3.05, 3.63) is 94.0 Å². The first-order chi connectivity index (χ1) is 14.0. The lowest BCUT2D eigenvalue weighted by Crippen LogP contribution is -2.26. The maximum absolute atomic E-state index is 12.6. The van der Waals surface area contributed by atoms with Crippen molar-refractivity contribution < 1.29 is 14.3 Å². The Bertz CT molecular complexity index is 1010. The van der Waals surface area contributed by atoms with Gasteiger partial charge in [-0.3, -0.25) is 9.59 Å². The second kappa shape index (κ2) is 9.96. The molecule has 2 N–H and O–H groups in total. The second-order valence-electron chi connectivity index (χ2n) is 6.13. The number of hydrogen-bond donors (Lipinski definition) is 2. The summed E-state index contributed by atoms with van der Waals surface area (Å²) in [5.74, 6) is -0.356. The number of ether oxygens (including phenoxy) is 1. The molecule has 0 aliphatic heterocycles. The van der Waals surface area contributed by atoms with Gasteiger partial charge in [0.1, 0.15) is 5.75 Å². The van der Waals surface area contributed by atoms with Crippen molar-refractivity contribution in [3.63, 3.8) is 0 Å². The van der Waals surface area contributed by atoms with Crippen molar-refractivity contribution in [3.8, 4) is 5.75 Å². The van der Waals surface area contributed by atoms with Gasteiger partial charge in [0.2, 0.25) is 0 Å². The minimum atomic E-state index is -0.417. The Morgan fingerprint density at radius 2 is 1.62 bits per heavy atom. The fourth-order valence-electron chi connectivity index (χ4n) is 2.59. The molecule has 0 saturated heterocycles. The molecule has 2 amide bonds. The number of hydrogen-bond acceptors (Lipinski definition) is 3. The Morgan fingerprint density at radius 3 is 2.38 bits per heavy atom. The predicted octanol–water partition coefficient (Wildman–Crippen LogP) is 4.94. The molecule has 3 rings (SSSR count). The third kappa shape index (κ3) is 5.98. The molecule has 3 aromatic rings. The summed E-state index contributed by atoms with van der Waals surface area (Å²) >= 11 is 11.9. The van der Waals surface area contributed by atoms with E-state index in [4.69, 9.17) is 27.9 Å². The maximum atomic E-state index is 12.6. The molecule has 0 radical (unpaired) electrons. The summed E-state index contributed by atoms with van der Waals surface area (Å²) in [5, 5.41) is 6.33. The molecule has 0 fully saturated rings. The zero-order valence-corrected chi connectivity index (χ0v) is 16.8. The molecule has 0 atom stereocenters. The number of anilines is 1. The molecular weight excluding hydrogens is 411 g/mol. The normalized spacial score (nSPS) is 10.3. The molecule has 0 saturated carbocycles. The highest BCUT2D eigenvalue weighted by atomic mass is 35.5. The molecule has 29 heavy (non-hydrogen) atoms. The zero-order valence-electron chi connectivity index (χ0n) is 15.3. The lowest BCUT2D eigenvalue weighted by Gasteiger charge is -2.12. The monoisotopic (exact) mass is 428 g/mol. The van der Waals surface area contributed by atoms with Crippen molar-refractivity contribution in [2.75, 3.05) is 11.9 Å². The maximum Gasteiger partial charge on any atom is 0.262 e. The fraction of sp³-hybridized carbons (Fsp3) is 0.0909. The van der Waals surface area contributed by atoms with Crippen LogP contribution in [0.15, 0.2) is 72.8 Å². The topological polar surface area (TPSA) is 67.4 Å². The summed E-state index contributed by atoms with van der Waals surface area (Å²) in [6.07, 6.45) is 0. The van der Waals surface area contributed by atoms with Gasteiger partial charge in [0.15, 0.2) is 6.61 Å². The van der Waals surface area contributed by atoms with Crippen molar-refractivity contribution in [1.82, 2.24) is 5.32 Å². The largest absolute Gasteiger partial charge is 0.482 e. The van der Waals surface area contributed by atoms with Gasteiger partial charge in [-0.1, -0.05) is 65.7 Å². The van der Waals surface area contributed by atoms with E-state index in [1.165, 1.54) is 6.07 Å². The summed E-state index contributed by atoms with van der Waals surface area (Å²) in [6, 6.07) is 21.1. The third-order valence-electron chi connectivity index (χ3n) is 3.99. The van der Waals surface area contributed by atoms with Gasteiger partial charge in [0.25, 0.3) is 11.8 Å². The van der Waals surface area contributed by atoms with E-state index in [0.717, 1.165) is 5.56 Å². The SMILES string of the molecule is O=C(COc1ccc(Cl)cc1Cl)Nc1ccccc1C(=O)NCc1ccccc1. The van der Waals surface area contributed by atoms with Gasteiger partial charge in [0, 0.05) is 11.6 Å². The van der Waals surface area contributed by atoms with Gasteiger partial charge in [-0.15, -0.1) is 0 Å². The summed E-state index contributed by atoms with van der Waals surface area (Å²) in [4.78, 5) is 24.8. The van der Waals surface area contributed by atoms with E-state index < -0.39 is 5.91 Å². The minimum absolute atomic E-state index is 0.263. The number of carbonyl (C=O) groups excluding carboxylic acids is 2. The highest BCUT2D eigenvalue weighted by Gasteiger charge is 2.14. The molecule has 0 spiro atoms. The Hall–Kier alpha value is -3.02. The summed E-state index contributed by atoms with van der Waals surface area (Å²) in [6.45, 7) is 0.126. The Morgan fingerprint density at radius 1 is 0.897 bits per heavy atom. The molecule has 0 aromatic heterocycles. The fourth-order valence-corrected chi connectivity index (χ4v) is 3.05. The molecule has 0 unspecified atom stereocenters. The van der Waals surface area contributed by atoms with E-state index in [0.29, 0.717) is 33.6 Å². The van der Waals surface area contributed by atoms with Crippen LogP contribution in [-0.4, -0.2) is 18.4 Å². The van der Waals surface area contributed by atoms with Crippen molar-refractivity contribution >= 4 is 40.7 Å². The van der Waals surface area contributed by atoms with Crippen LogP contribution in [0.4, 0.5) is 5.69 Å². The highest BCUT2D eigenvalue weighted by Crippen LogP contribution is 2.27. The van der Waals surface area contributed by atoms with E-state index in [1.54, 1.807) is 36.4 Å². The van der Waals surface area contributed by atoms with Crippen LogP contribution in [0.25, 0.3) is 0 Å². The smallest absolute Gasteiger partial charge is 0.262 e. The molecular formula is C22H18Cl2N2O3. The summed E-state index contributed by atoms with van der Waals surface area (Å²) in [7, 11) is 0. The molecule has 0 aliphatic carbocycles. The minimum Gasteiger partial charge on any atom is -0.482 e. The van der Waals surface area contributed by atoms with Crippen molar-refractivity contribution in [1.29, 1.82) is 0 Å². The van der Waals surface area contributed by atoms with Crippen LogP contribution >= 0.6 is 23.2 Å². The first-order valence-corrected chi connectivity index (χ1v) is 9.57. The third-order valence-corrected chi connectivity index (χ3v) is 4.52. The van der Waals surface area contributed by atoms with Crippen LogP contribution in [0.5, 0.6) is 5.75 Å². The number of para-hydroxylation sites is 1. The second-order valence-corrected chi connectivity index (χ2v) is 6.97. The lowest BCUT2D eigenvalue weighted by molar-refractivity contribution is -0.118. The average molecular weight is 429 g/mol. The lowest BCUT2D eigenvalue weighted by atomic mass is 10.1. The quantitative estimate of drug-likeness (QED) is 0.559. The summed E-state index contributed by atoms with van der Waals surface area (Å²) < 4.78 is 5.43. The van der Waals surface area contributed by atoms with Crippen molar-refractivity contribution in [2.24, 2.45) is 0 Å². The molecule has 0 heterocycles. The standard InChI is InChI=1S/C22H18Cl2N2O3/c23-16-10-11-20(18(24)12-16)29-14-21(27)26-19-9-5-4-8-17(19)22(28)25-13-15-6-2-1-3-7-15/h1-12H,13-14H2,(H,25,28)(H,26,27). The summed E-state index contributed by atoms with van der Waals surface area (Å²) in [5.41, 5.74) is 1.74. The van der Waals surface area contributed by atoms with E-state index in [1.807, 2.05) is 30.3 Å². The van der Waals surface area contributed by atoms with Gasteiger partial charge >= 0.3 is 0 Å². The van der Waals surface area contributed by atoms with Gasteiger partial charge < -0.3 is 15.4 Å². The van der Waals surface area contributed by atoms with Gasteiger partial charge in [-0.05, 0) is 35.9 Å². The molecule has 7 heteroatoms. The van der Waals surface area contributed by atoms with Crippen LogP contribution < -0.4 is 15.4 Å². The molecule has 148 valence electrons. The number of nitrogens with one attached hydrogen (secondary N) is 2. The van der Waals surface area contributed by atoms with Gasteiger partial charge in [-0.25, -0.2) is 0 Å². The predicted molar refractivity (Wildman–Crippen MR) is 115 cm³/mol. The van der Waals surface area contributed by atoms with Crippen LogP contribution in [-0.2, 0) is 11.3 Å². The molecule has 0 bridgehead atoms. The highest BCUT2D eigenvalue weighted by molar-refractivity contribution is 6.35. The molecule has 3 aromatic carbocycles. The number of carbonyl (C=O) groups is 2. The zero-order chi connectivity index (χ0) is 20.6. The Balaban J connectivity index is 1.60. The van der Waals surface area contributed by atoms with Crippen LogP contribution in [0, 0.1) is 0 Å². The Kier molecular flexibility index (Phi) is 7.11. The van der Waals surface area contributed by atoms with E-state index >= 15 is 0 Å². The Labute approximate surface area is 178 Å². The number of halogens is 2. The number of benzene rings is 3. The van der Waals surface area contributed by atoms with E-state index in [9.17, 15) is 9.59 Å². The van der Waals surface area contributed by atoms with Crippen molar-refractivity contribution in [2.45, 2.75) is 6.54 Å². The first kappa shape index (κ1) is 20.7. The van der Waals surface area contributed by atoms with Gasteiger partial charge in [-0.2, -0.15) is 0 Å². The average Bonchev–Trinajstić information content (AvgIpc) is 2.72.